The van der Waals surface area contributed by atoms with Crippen LogP contribution in [0.25, 0.3) is 0 Å². The Morgan fingerprint density at radius 3 is 2.59 bits per heavy atom. The molecule has 0 heterocycles. The van der Waals surface area contributed by atoms with E-state index in [1.54, 1.807) is 12.1 Å². The van der Waals surface area contributed by atoms with E-state index in [0.29, 0.717) is 18.5 Å². The SMILES string of the molecule is CC(C)C(CCO)NC(=O)NCC1(c2ccccc2F)CC1. The Balaban J connectivity index is 1.90. The number of carbonyl (C=O) groups excluding carboxylic acids is 1. The molecule has 3 N–H and O–H groups in total. The summed E-state index contributed by atoms with van der Waals surface area (Å²) < 4.78 is 13.9. The van der Waals surface area contributed by atoms with E-state index in [0.717, 1.165) is 12.8 Å². The lowest BCUT2D eigenvalue weighted by atomic mass is 9.95. The van der Waals surface area contributed by atoms with Crippen molar-refractivity contribution >= 4 is 6.03 Å². The summed E-state index contributed by atoms with van der Waals surface area (Å²) in [6.45, 7) is 4.48. The van der Waals surface area contributed by atoms with Gasteiger partial charge in [0.2, 0.25) is 0 Å². The molecule has 0 radical (unpaired) electrons. The highest BCUT2D eigenvalue weighted by Crippen LogP contribution is 2.48. The number of urea groups is 1. The highest BCUT2D eigenvalue weighted by molar-refractivity contribution is 5.74. The molecule has 0 saturated heterocycles. The van der Waals surface area contributed by atoms with Crippen LogP contribution in [0.5, 0.6) is 0 Å². The second kappa shape index (κ2) is 7.09. The largest absolute Gasteiger partial charge is 0.396 e. The third kappa shape index (κ3) is 3.97. The van der Waals surface area contributed by atoms with Crippen LogP contribution in [0.4, 0.5) is 9.18 Å². The standard InChI is InChI=1S/C17H25FN2O2/c1-12(2)15(7-10-21)20-16(22)19-11-17(8-9-17)13-5-3-4-6-14(13)18/h3-6,12,15,21H,7-11H2,1-2H3,(H2,19,20,22). The van der Waals surface area contributed by atoms with E-state index in [1.807, 2.05) is 19.9 Å². The van der Waals surface area contributed by atoms with Crippen LogP contribution in [-0.2, 0) is 5.41 Å². The predicted molar refractivity (Wildman–Crippen MR) is 84.2 cm³/mol. The predicted octanol–water partition coefficient (Wildman–Crippen LogP) is 2.56. The molecule has 5 heteroatoms. The smallest absolute Gasteiger partial charge is 0.315 e. The Labute approximate surface area is 131 Å². The van der Waals surface area contributed by atoms with Crippen molar-refractivity contribution in [1.82, 2.24) is 10.6 Å². The molecule has 122 valence electrons. The number of hydrogen-bond donors (Lipinski definition) is 3. The second-order valence-corrected chi connectivity index (χ2v) is 6.45. The number of benzene rings is 1. The summed E-state index contributed by atoms with van der Waals surface area (Å²) in [5, 5.41) is 14.8. The lowest BCUT2D eigenvalue weighted by molar-refractivity contribution is 0.218. The fourth-order valence-corrected chi connectivity index (χ4v) is 2.76. The van der Waals surface area contributed by atoms with E-state index in [4.69, 9.17) is 5.11 Å². The first-order chi connectivity index (χ1) is 10.5. The van der Waals surface area contributed by atoms with Crippen LogP contribution in [0.15, 0.2) is 24.3 Å². The molecule has 2 amide bonds. The van der Waals surface area contributed by atoms with E-state index in [2.05, 4.69) is 10.6 Å². The summed E-state index contributed by atoms with van der Waals surface area (Å²) in [5.74, 6) is 0.0434. The number of rotatable bonds is 7. The minimum atomic E-state index is -0.257. The van der Waals surface area contributed by atoms with Crippen molar-refractivity contribution < 1.29 is 14.3 Å². The van der Waals surface area contributed by atoms with Gasteiger partial charge in [-0.1, -0.05) is 32.0 Å². The molecule has 1 aromatic carbocycles. The number of carbonyl (C=O) groups is 1. The van der Waals surface area contributed by atoms with Crippen molar-refractivity contribution in [3.05, 3.63) is 35.6 Å². The Kier molecular flexibility index (Phi) is 5.40. The maximum atomic E-state index is 13.9. The molecular weight excluding hydrogens is 283 g/mol. The number of nitrogens with one attached hydrogen (secondary N) is 2. The third-order valence-electron chi connectivity index (χ3n) is 4.45. The van der Waals surface area contributed by atoms with E-state index in [-0.39, 0.29) is 35.8 Å². The zero-order valence-electron chi connectivity index (χ0n) is 13.2. The molecule has 1 unspecified atom stereocenters. The first-order valence-corrected chi connectivity index (χ1v) is 7.89. The lowest BCUT2D eigenvalue weighted by Gasteiger charge is -2.23. The molecule has 0 bridgehead atoms. The molecule has 22 heavy (non-hydrogen) atoms. The zero-order chi connectivity index (χ0) is 16.2. The van der Waals surface area contributed by atoms with Gasteiger partial charge in [-0.05, 0) is 36.8 Å². The van der Waals surface area contributed by atoms with Crippen LogP contribution >= 0.6 is 0 Å². The molecule has 2 rings (SSSR count). The summed E-state index contributed by atoms with van der Waals surface area (Å²) in [7, 11) is 0. The van der Waals surface area contributed by atoms with Crippen molar-refractivity contribution in [2.24, 2.45) is 5.92 Å². The average molecular weight is 308 g/mol. The number of aliphatic hydroxyl groups is 1. The fourth-order valence-electron chi connectivity index (χ4n) is 2.76. The summed E-state index contributed by atoms with van der Waals surface area (Å²) >= 11 is 0. The first-order valence-electron chi connectivity index (χ1n) is 7.89. The van der Waals surface area contributed by atoms with Crippen LogP contribution in [-0.4, -0.2) is 30.3 Å². The zero-order valence-corrected chi connectivity index (χ0v) is 13.2. The van der Waals surface area contributed by atoms with Gasteiger partial charge in [-0.3, -0.25) is 0 Å². The van der Waals surface area contributed by atoms with E-state index >= 15 is 0 Å². The van der Waals surface area contributed by atoms with Gasteiger partial charge in [0.25, 0.3) is 0 Å². The Morgan fingerprint density at radius 1 is 1.36 bits per heavy atom. The Hall–Kier alpha value is -1.62. The van der Waals surface area contributed by atoms with Crippen LogP contribution in [0.3, 0.4) is 0 Å². The lowest BCUT2D eigenvalue weighted by Crippen LogP contribution is -2.46. The van der Waals surface area contributed by atoms with Gasteiger partial charge < -0.3 is 15.7 Å². The Morgan fingerprint density at radius 2 is 2.05 bits per heavy atom. The second-order valence-electron chi connectivity index (χ2n) is 6.45. The first kappa shape index (κ1) is 16.7. The minimum Gasteiger partial charge on any atom is -0.396 e. The van der Waals surface area contributed by atoms with Gasteiger partial charge in [0.15, 0.2) is 0 Å². The van der Waals surface area contributed by atoms with Crippen molar-refractivity contribution in [2.45, 2.75) is 44.6 Å². The molecule has 0 aliphatic heterocycles. The summed E-state index contributed by atoms with van der Waals surface area (Å²) in [4.78, 5) is 12.0. The van der Waals surface area contributed by atoms with Gasteiger partial charge >= 0.3 is 6.03 Å². The molecular formula is C17H25FN2O2. The van der Waals surface area contributed by atoms with Crippen LogP contribution in [0.2, 0.25) is 0 Å². The molecule has 1 aromatic rings. The van der Waals surface area contributed by atoms with E-state index in [1.165, 1.54) is 6.07 Å². The summed E-state index contributed by atoms with van der Waals surface area (Å²) in [6, 6.07) is 6.45. The molecule has 1 aliphatic rings. The van der Waals surface area contributed by atoms with E-state index < -0.39 is 0 Å². The number of aliphatic hydroxyl groups excluding tert-OH is 1. The van der Waals surface area contributed by atoms with Gasteiger partial charge in [0.05, 0.1) is 0 Å². The molecule has 1 aliphatic carbocycles. The van der Waals surface area contributed by atoms with Crippen LogP contribution < -0.4 is 10.6 Å². The maximum Gasteiger partial charge on any atom is 0.315 e. The van der Waals surface area contributed by atoms with Crippen LogP contribution in [0, 0.1) is 11.7 Å². The van der Waals surface area contributed by atoms with Crippen molar-refractivity contribution in [1.29, 1.82) is 0 Å². The summed E-state index contributed by atoms with van der Waals surface area (Å²) in [6.07, 6.45) is 2.31. The van der Waals surface area contributed by atoms with Crippen LogP contribution in [0.1, 0.15) is 38.7 Å². The van der Waals surface area contributed by atoms with E-state index in [9.17, 15) is 9.18 Å². The third-order valence-corrected chi connectivity index (χ3v) is 4.45. The Bertz CT molecular complexity index is 515. The van der Waals surface area contributed by atoms with Gasteiger partial charge in [-0.2, -0.15) is 0 Å². The topological polar surface area (TPSA) is 61.4 Å². The minimum absolute atomic E-state index is 0.0439. The van der Waals surface area contributed by atoms with Gasteiger partial charge in [-0.25, -0.2) is 9.18 Å². The highest BCUT2D eigenvalue weighted by atomic mass is 19.1. The molecule has 0 spiro atoms. The number of halogens is 1. The van der Waals surface area contributed by atoms with Crippen molar-refractivity contribution in [2.75, 3.05) is 13.2 Å². The monoisotopic (exact) mass is 308 g/mol. The highest BCUT2D eigenvalue weighted by Gasteiger charge is 2.46. The van der Waals surface area contributed by atoms with Crippen molar-refractivity contribution in [3.8, 4) is 0 Å². The molecule has 1 atom stereocenters. The molecule has 4 nitrogen and oxygen atoms in total. The van der Waals surface area contributed by atoms with Gasteiger partial charge in [0.1, 0.15) is 5.82 Å². The van der Waals surface area contributed by atoms with Crippen molar-refractivity contribution in [3.63, 3.8) is 0 Å². The normalized spacial score (nSPS) is 17.1. The number of amides is 2. The maximum absolute atomic E-state index is 13.9. The average Bonchev–Trinajstić information content (AvgIpc) is 3.26. The van der Waals surface area contributed by atoms with Gasteiger partial charge in [0, 0.05) is 24.6 Å². The summed E-state index contributed by atoms with van der Waals surface area (Å²) in [5.41, 5.74) is 0.429. The number of hydrogen-bond acceptors (Lipinski definition) is 2. The quantitative estimate of drug-likeness (QED) is 0.725. The van der Waals surface area contributed by atoms with Gasteiger partial charge in [-0.15, -0.1) is 0 Å². The fraction of sp³-hybridized carbons (Fsp3) is 0.588. The molecule has 0 aromatic heterocycles. The molecule has 1 saturated carbocycles. The molecule has 1 fully saturated rings.